The number of aliphatic hydroxyl groups excluding tert-OH is 8. The number of hydrogen-bond acceptors (Lipinski definition) is 19. The molecule has 21 nitrogen and oxygen atoms in total. The molecule has 21 heteroatoms. The van der Waals surface area contributed by atoms with Gasteiger partial charge in [-0.25, -0.2) is 0 Å². The molecule has 18 atom stereocenters. The lowest BCUT2D eigenvalue weighted by Crippen LogP contribution is -2.65. The summed E-state index contributed by atoms with van der Waals surface area (Å²) in [5, 5.41) is 98.2. The van der Waals surface area contributed by atoms with E-state index in [4.69, 9.17) is 28.5 Å². The molecule has 0 spiro atoms. The van der Waals surface area contributed by atoms with Crippen molar-refractivity contribution in [3.63, 3.8) is 0 Å². The highest BCUT2D eigenvalue weighted by molar-refractivity contribution is 5.79. The number of fused-ring (bicyclic) bond motifs is 7. The highest BCUT2D eigenvalue weighted by Crippen LogP contribution is 2.76. The van der Waals surface area contributed by atoms with Crippen LogP contribution in [0, 0.1) is 55.5 Å². The number of carbonyl (C=O) groups is 3. The van der Waals surface area contributed by atoms with Crippen LogP contribution in [0.4, 0.5) is 0 Å². The van der Waals surface area contributed by atoms with Crippen LogP contribution < -0.4 is 0 Å². The average molecular weight is 1020 g/mol. The Bertz CT molecular complexity index is 2060. The monoisotopic (exact) mass is 1020 g/mol. The van der Waals surface area contributed by atoms with Gasteiger partial charge in [0.25, 0.3) is 6.29 Å². The summed E-state index contributed by atoms with van der Waals surface area (Å²) in [6.07, 6.45) is -5.82. The topological polar surface area (TPSA) is 310 Å². The molecule has 408 valence electrons. The molecular formula is C51H81N3O18. The van der Waals surface area contributed by atoms with Crippen molar-refractivity contribution in [2.75, 3.05) is 26.3 Å². The smallest absolute Gasteiger partial charge is 0.315 e. The molecule has 3 heterocycles. The normalized spacial score (nSPS) is 45.0. The lowest BCUT2D eigenvalue weighted by molar-refractivity contribution is -0.716. The lowest BCUT2D eigenvalue weighted by Gasteiger charge is -2.71. The third-order valence-electron chi connectivity index (χ3n) is 19.9. The Morgan fingerprint density at radius 1 is 0.708 bits per heavy atom. The maximum absolute atomic E-state index is 14.6. The summed E-state index contributed by atoms with van der Waals surface area (Å²) in [6.45, 7) is 15.2. The molecule has 0 amide bonds. The first-order valence-corrected chi connectivity index (χ1v) is 26.3. The number of piperidine rings is 1. The first kappa shape index (κ1) is 55.0. The van der Waals surface area contributed by atoms with Crippen LogP contribution in [-0.2, 0) is 42.9 Å². The van der Waals surface area contributed by atoms with E-state index < -0.39 is 104 Å². The number of carbonyl (C=O) groups excluding carboxylic acids is 3. The van der Waals surface area contributed by atoms with Gasteiger partial charge in [0.05, 0.1) is 49.5 Å². The van der Waals surface area contributed by atoms with Crippen LogP contribution in [0.2, 0.25) is 0 Å². The SMILES string of the molecule is CC1(C)CC[C@]2(C(=O)O[C@H]3O[C@@H](CO)[C@H](O)[C@@H](O)[C@@H]3O)CC[C@]3(C)C(=CC[C@@H]4[C@@]5(C)CC[C@H](OC(=O)CCC(=O)OC6CCN(/[N+]([O-])=N/O[C@@H]7O[C@H](CO)[C@H](O)[C@H](O)[C@H]7O)CC6)C(C)(C)[C@@H]5CC[C@]43C)[C@@H]2C1. The Labute approximate surface area is 421 Å². The number of ether oxygens (including phenoxy) is 5. The molecule has 5 aliphatic carbocycles. The van der Waals surface area contributed by atoms with Gasteiger partial charge < -0.3 is 74.6 Å². The Morgan fingerprint density at radius 3 is 1.92 bits per heavy atom. The molecule has 8 aliphatic rings. The van der Waals surface area contributed by atoms with Gasteiger partial charge >= 0.3 is 17.9 Å². The zero-order chi connectivity index (χ0) is 52.5. The number of rotatable bonds is 12. The molecule has 0 radical (unpaired) electrons. The number of nitrogens with zero attached hydrogens (tertiary/aromatic N) is 3. The van der Waals surface area contributed by atoms with Crippen molar-refractivity contribution in [1.29, 1.82) is 0 Å². The summed E-state index contributed by atoms with van der Waals surface area (Å²) in [5.74, 6) is -1.05. The molecule has 72 heavy (non-hydrogen) atoms. The molecule has 7 fully saturated rings. The van der Waals surface area contributed by atoms with E-state index >= 15 is 0 Å². The van der Waals surface area contributed by atoms with Crippen molar-refractivity contribution < 1.29 is 88.7 Å². The Morgan fingerprint density at radius 2 is 1.29 bits per heavy atom. The first-order valence-electron chi connectivity index (χ1n) is 26.3. The quantitative estimate of drug-likeness (QED) is 0.0348. The fourth-order valence-electron chi connectivity index (χ4n) is 15.3. The fourth-order valence-corrected chi connectivity index (χ4v) is 15.3. The van der Waals surface area contributed by atoms with Gasteiger partial charge in [0.15, 0.2) is 0 Å². The second kappa shape index (κ2) is 20.4. The van der Waals surface area contributed by atoms with Gasteiger partial charge in [-0.2, -0.15) is 0 Å². The van der Waals surface area contributed by atoms with E-state index in [1.54, 1.807) is 0 Å². The van der Waals surface area contributed by atoms with E-state index in [2.05, 4.69) is 59.8 Å². The lowest BCUT2D eigenvalue weighted by atomic mass is 9.33. The van der Waals surface area contributed by atoms with Crippen molar-refractivity contribution in [2.45, 2.75) is 212 Å². The van der Waals surface area contributed by atoms with Crippen molar-refractivity contribution in [1.82, 2.24) is 5.01 Å². The van der Waals surface area contributed by atoms with Crippen LogP contribution in [0.1, 0.15) is 138 Å². The molecule has 0 aromatic rings. The van der Waals surface area contributed by atoms with Gasteiger partial charge in [0.2, 0.25) is 11.6 Å². The number of hydrogen-bond donors (Lipinski definition) is 8. The molecule has 0 aromatic carbocycles. The molecule has 4 saturated carbocycles. The Balaban J connectivity index is 0.860. The second-order valence-corrected chi connectivity index (χ2v) is 24.6. The predicted molar refractivity (Wildman–Crippen MR) is 250 cm³/mol. The summed E-state index contributed by atoms with van der Waals surface area (Å²) in [7, 11) is 0. The summed E-state index contributed by atoms with van der Waals surface area (Å²) in [6, 6.07) is 0. The minimum Gasteiger partial charge on any atom is -0.569 e. The number of esters is 3. The largest absolute Gasteiger partial charge is 0.569 e. The van der Waals surface area contributed by atoms with Crippen LogP contribution >= 0.6 is 0 Å². The van der Waals surface area contributed by atoms with Gasteiger partial charge in [-0.05, 0) is 104 Å². The third kappa shape index (κ3) is 9.56. The van der Waals surface area contributed by atoms with Gasteiger partial charge in [-0.3, -0.25) is 14.4 Å². The van der Waals surface area contributed by atoms with Gasteiger partial charge in [-0.15, -0.1) is 5.01 Å². The molecule has 3 aliphatic heterocycles. The minimum atomic E-state index is -1.73. The fraction of sp³-hybridized carbons (Fsp3) is 0.902. The molecule has 0 aromatic heterocycles. The van der Waals surface area contributed by atoms with Gasteiger partial charge in [0.1, 0.15) is 61.0 Å². The van der Waals surface area contributed by atoms with Crippen LogP contribution in [0.25, 0.3) is 0 Å². The highest BCUT2D eigenvalue weighted by Gasteiger charge is 2.70. The Kier molecular flexibility index (Phi) is 15.6. The van der Waals surface area contributed by atoms with E-state index in [1.807, 2.05) is 0 Å². The standard InChI is InChI=1S/C51H81N3O18/c1-46(2)18-20-51(45(65)71-43-41(63)39(61)37(59)30(25-55)68-43)21-19-49(6)28(29(51)24-46)8-9-33-48(5)16-13-34(47(3,4)32(48)12-17-50(33,49)7)70-36(58)11-10-35(57)67-27-14-22-53(23-15-27)54(66)52-72-44-42(64)40(62)38(60)31(26-56)69-44/h8,27,29-34,37-44,55-56,59-64H,9-26H2,1-7H3/b54-52-/t29-,30-,31+,32-,33+,34-,37-,38-,39+,40-,41-,42+,43+,44-,48-,49+,50+,51-/m0/s1. The van der Waals surface area contributed by atoms with Crippen molar-refractivity contribution in [3.05, 3.63) is 16.9 Å². The zero-order valence-electron chi connectivity index (χ0n) is 43.0. The molecular weight excluding hydrogens is 943 g/mol. The van der Waals surface area contributed by atoms with Crippen LogP contribution in [-0.4, -0.2) is 169 Å². The summed E-state index contributed by atoms with van der Waals surface area (Å²) in [4.78, 5) is 46.2. The molecule has 3 saturated heterocycles. The third-order valence-corrected chi connectivity index (χ3v) is 19.9. The van der Waals surface area contributed by atoms with E-state index in [1.165, 1.54) is 10.6 Å². The molecule has 8 N–H and O–H groups in total. The first-order chi connectivity index (χ1) is 33.8. The number of hydrazine groups is 1. The van der Waals surface area contributed by atoms with Gasteiger partial charge in [0, 0.05) is 18.3 Å². The van der Waals surface area contributed by atoms with Crippen LogP contribution in [0.5, 0.6) is 0 Å². The summed E-state index contributed by atoms with van der Waals surface area (Å²) >= 11 is 0. The van der Waals surface area contributed by atoms with E-state index in [-0.39, 0.29) is 75.9 Å². The maximum atomic E-state index is 14.6. The van der Waals surface area contributed by atoms with E-state index in [0.29, 0.717) is 38.0 Å². The second-order valence-electron chi connectivity index (χ2n) is 24.6. The maximum Gasteiger partial charge on any atom is 0.315 e. The zero-order valence-corrected chi connectivity index (χ0v) is 43.0. The summed E-state index contributed by atoms with van der Waals surface area (Å²) in [5.41, 5.74) is -0.390. The molecule has 0 unspecified atom stereocenters. The minimum absolute atomic E-state index is 0.0413. The van der Waals surface area contributed by atoms with Crippen molar-refractivity contribution in [2.24, 2.45) is 55.5 Å². The van der Waals surface area contributed by atoms with Crippen LogP contribution in [0.3, 0.4) is 0 Å². The van der Waals surface area contributed by atoms with E-state index in [9.17, 15) is 60.4 Å². The predicted octanol–water partition coefficient (Wildman–Crippen LogP) is 2.44. The average Bonchev–Trinajstić information content (AvgIpc) is 3.33. The Hall–Kier alpha value is -3.25. The number of aliphatic hydroxyl groups is 8. The molecule has 8 rings (SSSR count). The van der Waals surface area contributed by atoms with E-state index in [0.717, 1.165) is 44.9 Å². The van der Waals surface area contributed by atoms with Crippen LogP contribution in [0.15, 0.2) is 16.9 Å². The van der Waals surface area contributed by atoms with Crippen molar-refractivity contribution in [3.8, 4) is 0 Å². The molecule has 0 bridgehead atoms. The summed E-state index contributed by atoms with van der Waals surface area (Å²) < 4.78 is 28.8. The van der Waals surface area contributed by atoms with Gasteiger partial charge in [-0.1, -0.05) is 60.1 Å². The van der Waals surface area contributed by atoms with Crippen molar-refractivity contribution >= 4 is 17.9 Å². The number of allylic oxidation sites excluding steroid dienone is 2. The highest BCUT2D eigenvalue weighted by atomic mass is 16.8.